The first-order chi connectivity index (χ1) is 28.8. The summed E-state index contributed by atoms with van der Waals surface area (Å²) in [5.41, 5.74) is 13.3. The van der Waals surface area contributed by atoms with Gasteiger partial charge in [-0.05, 0) is 92.7 Å². The Morgan fingerprint density at radius 1 is 0.328 bits per heavy atom. The Morgan fingerprint density at radius 3 is 1.38 bits per heavy atom. The number of hydrogen-bond acceptors (Lipinski definition) is 3. The molecule has 1 aromatic heterocycles. The summed E-state index contributed by atoms with van der Waals surface area (Å²) in [6.45, 7) is 0. The molecule has 0 aliphatic rings. The second-order valence-electron chi connectivity index (χ2n) is 14.3. The van der Waals surface area contributed by atoms with Gasteiger partial charge in [-0.2, -0.15) is 0 Å². The molecule has 0 aliphatic heterocycles. The lowest BCUT2D eigenvalue weighted by molar-refractivity contribution is 0.891. The van der Waals surface area contributed by atoms with E-state index in [0.717, 1.165) is 61.8 Å². The molecule has 0 unspecified atom stereocenters. The van der Waals surface area contributed by atoms with Crippen LogP contribution >= 0.6 is 0 Å². The van der Waals surface area contributed by atoms with Crippen LogP contribution in [-0.2, 0) is 0 Å². The molecular formula is C54H38N4. The van der Waals surface area contributed by atoms with Gasteiger partial charge in [-0.25, -0.2) is 9.67 Å². The lowest BCUT2D eigenvalue weighted by Crippen LogP contribution is -2.09. The average Bonchev–Trinajstić information content (AvgIpc) is 3.76. The summed E-state index contributed by atoms with van der Waals surface area (Å²) in [5.74, 6) is 1.50. The second-order valence-corrected chi connectivity index (χ2v) is 14.3. The van der Waals surface area contributed by atoms with Gasteiger partial charge in [-0.3, -0.25) is 0 Å². The third-order valence-electron chi connectivity index (χ3n) is 10.7. The lowest BCUT2D eigenvalue weighted by atomic mass is 9.89. The monoisotopic (exact) mass is 742 g/mol. The molecule has 0 saturated carbocycles. The van der Waals surface area contributed by atoms with Crippen LogP contribution in [0.1, 0.15) is 0 Å². The zero-order chi connectivity index (χ0) is 38.7. The van der Waals surface area contributed by atoms with E-state index in [1.54, 1.807) is 0 Å². The summed E-state index contributed by atoms with van der Waals surface area (Å²) >= 11 is 0. The number of aromatic nitrogens is 3. The first-order valence-corrected chi connectivity index (χ1v) is 19.6. The van der Waals surface area contributed by atoms with Gasteiger partial charge in [0.1, 0.15) is 0 Å². The Bertz CT molecular complexity index is 2930. The molecule has 4 heteroatoms. The summed E-state index contributed by atoms with van der Waals surface area (Å²) in [6, 6.07) is 81.1. The molecule has 10 aromatic rings. The first kappa shape index (κ1) is 34.7. The van der Waals surface area contributed by atoms with Crippen molar-refractivity contribution < 1.29 is 0 Å². The van der Waals surface area contributed by atoms with E-state index in [1.807, 2.05) is 22.9 Å². The molecule has 1 heterocycles. The lowest BCUT2D eigenvalue weighted by Gasteiger charge is -2.25. The van der Waals surface area contributed by atoms with Gasteiger partial charge in [-0.15, -0.1) is 5.10 Å². The van der Waals surface area contributed by atoms with Crippen molar-refractivity contribution in [1.82, 2.24) is 14.8 Å². The van der Waals surface area contributed by atoms with Crippen molar-refractivity contribution >= 4 is 27.8 Å². The molecule has 10 rings (SSSR count). The van der Waals surface area contributed by atoms with E-state index < -0.39 is 0 Å². The normalized spacial score (nSPS) is 11.1. The van der Waals surface area contributed by atoms with Crippen LogP contribution in [0.3, 0.4) is 0 Å². The Kier molecular flexibility index (Phi) is 9.18. The standard InChI is InChI=1S/C54H38N4/c1-4-18-42(19-5-1)53-55-54(52-30-16-20-39-17-10-11-27-49(39)52)58(56-53)46-37-33-41(34-38-46)48-26-13-15-29-51(48)50-28-14-12-25-47(50)40-31-35-45(36-32-40)57(43-21-6-2-7-22-43)44-23-8-3-9-24-44/h1-38H. The van der Waals surface area contributed by atoms with Gasteiger partial charge in [0.2, 0.25) is 0 Å². The number of rotatable bonds is 9. The van der Waals surface area contributed by atoms with Crippen molar-refractivity contribution in [2.75, 3.05) is 4.90 Å². The van der Waals surface area contributed by atoms with Gasteiger partial charge in [-0.1, -0.05) is 182 Å². The van der Waals surface area contributed by atoms with E-state index in [0.29, 0.717) is 5.82 Å². The number of fused-ring (bicyclic) bond motifs is 1. The van der Waals surface area contributed by atoms with Crippen molar-refractivity contribution in [3.63, 3.8) is 0 Å². The van der Waals surface area contributed by atoms with Crippen LogP contribution in [0.15, 0.2) is 231 Å². The fraction of sp³-hybridized carbons (Fsp3) is 0. The number of benzene rings is 9. The maximum absolute atomic E-state index is 5.14. The van der Waals surface area contributed by atoms with Crippen LogP contribution in [0.25, 0.3) is 72.6 Å². The van der Waals surface area contributed by atoms with Gasteiger partial charge in [0.15, 0.2) is 11.6 Å². The van der Waals surface area contributed by atoms with Crippen LogP contribution in [-0.4, -0.2) is 14.8 Å². The van der Waals surface area contributed by atoms with E-state index in [2.05, 4.69) is 217 Å². The maximum atomic E-state index is 5.14. The van der Waals surface area contributed by atoms with E-state index in [1.165, 1.54) is 22.1 Å². The maximum Gasteiger partial charge on any atom is 0.182 e. The molecule has 0 spiro atoms. The highest BCUT2D eigenvalue weighted by Crippen LogP contribution is 2.41. The molecule has 4 nitrogen and oxygen atoms in total. The molecule has 0 atom stereocenters. The minimum Gasteiger partial charge on any atom is -0.311 e. The van der Waals surface area contributed by atoms with E-state index in [4.69, 9.17) is 10.1 Å². The van der Waals surface area contributed by atoms with Gasteiger partial charge in [0, 0.05) is 28.2 Å². The Morgan fingerprint density at radius 2 is 0.776 bits per heavy atom. The second kappa shape index (κ2) is 15.4. The fourth-order valence-corrected chi connectivity index (χ4v) is 7.91. The quantitative estimate of drug-likeness (QED) is 0.148. The molecule has 0 radical (unpaired) electrons. The summed E-state index contributed by atoms with van der Waals surface area (Å²) in [5, 5.41) is 7.41. The molecule has 274 valence electrons. The SMILES string of the molecule is c1ccc(-c2nc(-c3cccc4ccccc34)n(-c3ccc(-c4ccccc4-c4ccccc4-c4ccc(N(c5ccccc5)c5ccccc5)cc4)cc3)n2)cc1. The van der Waals surface area contributed by atoms with Gasteiger partial charge in [0.05, 0.1) is 5.69 Å². The zero-order valence-corrected chi connectivity index (χ0v) is 31.7. The highest BCUT2D eigenvalue weighted by atomic mass is 15.4. The Balaban J connectivity index is 1.01. The van der Waals surface area contributed by atoms with Crippen LogP contribution in [0.5, 0.6) is 0 Å². The molecule has 0 N–H and O–H groups in total. The number of hydrogen-bond donors (Lipinski definition) is 0. The van der Waals surface area contributed by atoms with E-state index >= 15 is 0 Å². The molecule has 0 saturated heterocycles. The molecular weight excluding hydrogens is 705 g/mol. The Labute approximate surface area is 338 Å². The van der Waals surface area contributed by atoms with Crippen molar-refractivity contribution in [2.45, 2.75) is 0 Å². The topological polar surface area (TPSA) is 34.0 Å². The van der Waals surface area contributed by atoms with Crippen LogP contribution < -0.4 is 4.90 Å². The molecule has 0 fully saturated rings. The average molecular weight is 743 g/mol. The highest BCUT2D eigenvalue weighted by Gasteiger charge is 2.19. The third kappa shape index (κ3) is 6.63. The smallest absolute Gasteiger partial charge is 0.182 e. The predicted molar refractivity (Wildman–Crippen MR) is 241 cm³/mol. The van der Waals surface area contributed by atoms with Crippen molar-refractivity contribution in [3.8, 4) is 61.8 Å². The highest BCUT2D eigenvalue weighted by molar-refractivity contribution is 5.96. The zero-order valence-electron chi connectivity index (χ0n) is 31.7. The van der Waals surface area contributed by atoms with Gasteiger partial charge in [0.25, 0.3) is 0 Å². The summed E-state index contributed by atoms with van der Waals surface area (Å²) in [4.78, 5) is 7.44. The predicted octanol–water partition coefficient (Wildman–Crippen LogP) is 14.2. The number of anilines is 3. The van der Waals surface area contributed by atoms with Crippen LogP contribution in [0.2, 0.25) is 0 Å². The number of nitrogens with zero attached hydrogens (tertiary/aromatic N) is 4. The van der Waals surface area contributed by atoms with Gasteiger partial charge >= 0.3 is 0 Å². The molecule has 0 amide bonds. The van der Waals surface area contributed by atoms with Crippen LogP contribution in [0.4, 0.5) is 17.1 Å². The minimum atomic E-state index is 0.690. The fourth-order valence-electron chi connectivity index (χ4n) is 7.91. The Hall–Kier alpha value is -7.82. The first-order valence-electron chi connectivity index (χ1n) is 19.6. The summed E-state index contributed by atoms with van der Waals surface area (Å²) in [7, 11) is 0. The van der Waals surface area contributed by atoms with E-state index in [-0.39, 0.29) is 0 Å². The molecule has 0 bridgehead atoms. The largest absolute Gasteiger partial charge is 0.311 e. The van der Waals surface area contributed by atoms with Crippen LogP contribution in [0, 0.1) is 0 Å². The van der Waals surface area contributed by atoms with Crippen molar-refractivity contribution in [3.05, 3.63) is 231 Å². The molecule has 58 heavy (non-hydrogen) atoms. The molecule has 9 aromatic carbocycles. The summed E-state index contributed by atoms with van der Waals surface area (Å²) in [6.07, 6.45) is 0. The van der Waals surface area contributed by atoms with Crippen molar-refractivity contribution in [2.24, 2.45) is 0 Å². The van der Waals surface area contributed by atoms with Gasteiger partial charge < -0.3 is 4.90 Å². The molecule has 0 aliphatic carbocycles. The third-order valence-corrected chi connectivity index (χ3v) is 10.7. The number of para-hydroxylation sites is 2. The summed E-state index contributed by atoms with van der Waals surface area (Å²) < 4.78 is 1.98. The van der Waals surface area contributed by atoms with Crippen molar-refractivity contribution in [1.29, 1.82) is 0 Å². The minimum absolute atomic E-state index is 0.690. The van der Waals surface area contributed by atoms with E-state index in [9.17, 15) is 0 Å².